The van der Waals surface area contributed by atoms with Crippen molar-refractivity contribution in [1.29, 1.82) is 0 Å². The molecule has 0 saturated heterocycles. The van der Waals surface area contributed by atoms with Crippen molar-refractivity contribution in [3.63, 3.8) is 0 Å². The molecule has 0 fully saturated rings. The largest absolute Gasteiger partial charge is 0.486 e. The first-order chi connectivity index (χ1) is 9.28. The highest BCUT2D eigenvalue weighted by atomic mass is 16.6. The second-order valence-corrected chi connectivity index (χ2v) is 4.47. The molecule has 2 aromatic rings. The molecule has 2 unspecified atom stereocenters. The van der Waals surface area contributed by atoms with Gasteiger partial charge in [-0.25, -0.2) is 5.43 Å². The lowest BCUT2D eigenvalue weighted by atomic mass is 10.1. The van der Waals surface area contributed by atoms with Crippen molar-refractivity contribution in [3.8, 4) is 11.5 Å². The normalized spacial score (nSPS) is 19.2. The van der Waals surface area contributed by atoms with Gasteiger partial charge in [0.25, 0.3) is 0 Å². The fourth-order valence-corrected chi connectivity index (χ4v) is 2.18. The molecule has 0 amide bonds. The zero-order valence-corrected chi connectivity index (χ0v) is 10.6. The Bertz CT molecular complexity index is 569. The maximum absolute atomic E-state index is 5.93. The van der Waals surface area contributed by atoms with Gasteiger partial charge in [-0.2, -0.15) is 5.10 Å². The Morgan fingerprint density at radius 2 is 2.16 bits per heavy atom. The molecular formula is C13H16N4O2. The number of hydrogen-bond acceptors (Lipinski definition) is 5. The molecule has 3 rings (SSSR count). The number of ether oxygens (including phenoxy) is 2. The highest BCUT2D eigenvalue weighted by Crippen LogP contribution is 2.33. The summed E-state index contributed by atoms with van der Waals surface area (Å²) in [7, 11) is 1.87. The summed E-state index contributed by atoms with van der Waals surface area (Å²) in [6.07, 6.45) is 1.66. The molecule has 0 bridgehead atoms. The molecule has 2 heterocycles. The second kappa shape index (κ2) is 4.91. The summed E-state index contributed by atoms with van der Waals surface area (Å²) in [5, 5.41) is 4.35. The first-order valence-corrected chi connectivity index (χ1v) is 6.12. The maximum atomic E-state index is 5.93. The van der Waals surface area contributed by atoms with Gasteiger partial charge < -0.3 is 9.47 Å². The summed E-state index contributed by atoms with van der Waals surface area (Å²) in [6.45, 7) is 0.433. The lowest BCUT2D eigenvalue weighted by Gasteiger charge is -2.31. The molecule has 2 atom stereocenters. The minimum atomic E-state index is -0.213. The van der Waals surface area contributed by atoms with Crippen molar-refractivity contribution in [2.45, 2.75) is 12.1 Å². The first kappa shape index (κ1) is 12.0. The number of para-hydroxylation sites is 2. The summed E-state index contributed by atoms with van der Waals surface area (Å²) in [6, 6.07) is 9.30. The van der Waals surface area contributed by atoms with Crippen LogP contribution in [0.1, 0.15) is 11.7 Å². The van der Waals surface area contributed by atoms with E-state index in [0.29, 0.717) is 6.61 Å². The van der Waals surface area contributed by atoms with E-state index in [4.69, 9.17) is 15.3 Å². The molecule has 6 nitrogen and oxygen atoms in total. The average molecular weight is 260 g/mol. The molecule has 0 aliphatic carbocycles. The van der Waals surface area contributed by atoms with E-state index in [9.17, 15) is 0 Å². The number of fused-ring (bicyclic) bond motifs is 1. The number of nitrogens with one attached hydrogen (secondary N) is 1. The third-order valence-corrected chi connectivity index (χ3v) is 3.13. The Morgan fingerprint density at radius 1 is 1.37 bits per heavy atom. The number of nitrogens with two attached hydrogens (primary N) is 1. The van der Waals surface area contributed by atoms with Gasteiger partial charge in [0.15, 0.2) is 17.6 Å². The van der Waals surface area contributed by atoms with Crippen molar-refractivity contribution in [2.24, 2.45) is 12.9 Å². The van der Waals surface area contributed by atoms with E-state index in [0.717, 1.165) is 17.2 Å². The quantitative estimate of drug-likeness (QED) is 0.629. The van der Waals surface area contributed by atoms with E-state index in [1.807, 2.05) is 43.6 Å². The van der Waals surface area contributed by atoms with E-state index in [1.165, 1.54) is 0 Å². The number of hydrogen-bond donors (Lipinski definition) is 2. The minimum Gasteiger partial charge on any atom is -0.486 e. The van der Waals surface area contributed by atoms with Crippen molar-refractivity contribution in [2.75, 3.05) is 6.61 Å². The standard InChI is InChI=1S/C13H16N4O2/c1-17-7-6-9(16-17)13(15-14)12-8-18-10-4-2-3-5-11(10)19-12/h2-7,12-13,15H,8,14H2,1H3. The van der Waals surface area contributed by atoms with Crippen LogP contribution in [0.5, 0.6) is 11.5 Å². The van der Waals surface area contributed by atoms with Crippen LogP contribution < -0.4 is 20.7 Å². The van der Waals surface area contributed by atoms with Crippen molar-refractivity contribution < 1.29 is 9.47 Å². The Balaban J connectivity index is 1.83. The van der Waals surface area contributed by atoms with Gasteiger partial charge in [-0.15, -0.1) is 0 Å². The predicted octanol–water partition coefficient (Wildman–Crippen LogP) is 0.764. The maximum Gasteiger partial charge on any atom is 0.161 e. The number of aryl methyl sites for hydroxylation is 1. The highest BCUT2D eigenvalue weighted by Gasteiger charge is 2.30. The van der Waals surface area contributed by atoms with Crippen LogP contribution in [0.3, 0.4) is 0 Å². The SMILES string of the molecule is Cn1ccc(C(NN)C2COc3ccccc3O2)n1. The van der Waals surface area contributed by atoms with Crippen LogP contribution in [-0.2, 0) is 7.05 Å². The van der Waals surface area contributed by atoms with Crippen LogP contribution in [0.15, 0.2) is 36.5 Å². The number of hydrazine groups is 1. The summed E-state index contributed by atoms with van der Waals surface area (Å²) < 4.78 is 13.4. The monoisotopic (exact) mass is 260 g/mol. The van der Waals surface area contributed by atoms with Crippen LogP contribution in [-0.4, -0.2) is 22.5 Å². The number of nitrogens with zero attached hydrogens (tertiary/aromatic N) is 2. The van der Waals surface area contributed by atoms with E-state index < -0.39 is 0 Å². The van der Waals surface area contributed by atoms with Crippen LogP contribution in [0.2, 0.25) is 0 Å². The van der Waals surface area contributed by atoms with E-state index in [2.05, 4.69) is 10.5 Å². The molecule has 1 aliphatic heterocycles. The smallest absolute Gasteiger partial charge is 0.161 e. The van der Waals surface area contributed by atoms with Crippen LogP contribution >= 0.6 is 0 Å². The van der Waals surface area contributed by atoms with Gasteiger partial charge in [-0.1, -0.05) is 12.1 Å². The van der Waals surface area contributed by atoms with Crippen LogP contribution in [0.25, 0.3) is 0 Å². The topological polar surface area (TPSA) is 74.3 Å². The van der Waals surface area contributed by atoms with Crippen molar-refractivity contribution in [3.05, 3.63) is 42.2 Å². The Hall–Kier alpha value is -2.05. The fourth-order valence-electron chi connectivity index (χ4n) is 2.18. The number of aromatic nitrogens is 2. The van der Waals surface area contributed by atoms with E-state index in [-0.39, 0.29) is 12.1 Å². The lowest BCUT2D eigenvalue weighted by molar-refractivity contribution is 0.0604. The molecule has 0 spiro atoms. The number of benzene rings is 1. The molecule has 6 heteroatoms. The third kappa shape index (κ3) is 2.27. The summed E-state index contributed by atoms with van der Waals surface area (Å²) in [4.78, 5) is 0. The average Bonchev–Trinajstić information content (AvgIpc) is 2.86. The van der Waals surface area contributed by atoms with Crippen LogP contribution in [0, 0.1) is 0 Å². The predicted molar refractivity (Wildman–Crippen MR) is 69.6 cm³/mol. The zero-order chi connectivity index (χ0) is 13.2. The third-order valence-electron chi connectivity index (χ3n) is 3.13. The molecule has 100 valence electrons. The molecule has 3 N–H and O–H groups in total. The molecule has 1 aliphatic rings. The minimum absolute atomic E-state index is 0.213. The van der Waals surface area contributed by atoms with Crippen molar-refractivity contribution in [1.82, 2.24) is 15.2 Å². The second-order valence-electron chi connectivity index (χ2n) is 4.47. The Morgan fingerprint density at radius 3 is 2.84 bits per heavy atom. The molecule has 19 heavy (non-hydrogen) atoms. The summed E-state index contributed by atoms with van der Waals surface area (Å²) in [5.41, 5.74) is 3.58. The fraction of sp³-hybridized carbons (Fsp3) is 0.308. The summed E-state index contributed by atoms with van der Waals surface area (Å²) in [5.74, 6) is 7.12. The van der Waals surface area contributed by atoms with E-state index >= 15 is 0 Å². The van der Waals surface area contributed by atoms with Gasteiger partial charge in [0, 0.05) is 13.2 Å². The van der Waals surface area contributed by atoms with Gasteiger partial charge in [0.05, 0.1) is 5.69 Å². The molecule has 1 aromatic heterocycles. The molecular weight excluding hydrogens is 244 g/mol. The lowest BCUT2D eigenvalue weighted by Crippen LogP contribution is -2.44. The molecule has 0 radical (unpaired) electrons. The van der Waals surface area contributed by atoms with E-state index in [1.54, 1.807) is 4.68 Å². The molecule has 0 saturated carbocycles. The van der Waals surface area contributed by atoms with Gasteiger partial charge in [-0.3, -0.25) is 10.5 Å². The first-order valence-electron chi connectivity index (χ1n) is 6.12. The highest BCUT2D eigenvalue weighted by molar-refractivity contribution is 5.41. The molecule has 1 aromatic carbocycles. The Kier molecular flexibility index (Phi) is 3.10. The van der Waals surface area contributed by atoms with Gasteiger partial charge >= 0.3 is 0 Å². The van der Waals surface area contributed by atoms with Crippen LogP contribution in [0.4, 0.5) is 0 Å². The van der Waals surface area contributed by atoms with Gasteiger partial charge in [0.1, 0.15) is 12.6 Å². The zero-order valence-electron chi connectivity index (χ0n) is 10.6. The summed E-state index contributed by atoms with van der Waals surface area (Å²) >= 11 is 0. The van der Waals surface area contributed by atoms with Gasteiger partial charge in [0.2, 0.25) is 0 Å². The van der Waals surface area contributed by atoms with Crippen molar-refractivity contribution >= 4 is 0 Å². The number of rotatable bonds is 3. The Labute approximate surface area is 111 Å². The van der Waals surface area contributed by atoms with Gasteiger partial charge in [-0.05, 0) is 18.2 Å².